The summed E-state index contributed by atoms with van der Waals surface area (Å²) in [5.74, 6) is 1.99. The number of benzene rings is 3. The molecule has 7 nitrogen and oxygen atoms in total. The highest BCUT2D eigenvalue weighted by Crippen LogP contribution is 2.34. The summed E-state index contributed by atoms with van der Waals surface area (Å²) in [7, 11) is 1.54. The minimum Gasteiger partial charge on any atom is -0.493 e. The third kappa shape index (κ3) is 5.30. The molecule has 0 spiro atoms. The molecular formula is C27H24N2O5. The maximum Gasteiger partial charge on any atom is 0.262 e. The molecule has 172 valence electrons. The molecule has 1 aliphatic heterocycles. The van der Waals surface area contributed by atoms with Gasteiger partial charge in [0, 0.05) is 0 Å². The molecule has 1 heterocycles. The Morgan fingerprint density at radius 2 is 1.88 bits per heavy atom. The summed E-state index contributed by atoms with van der Waals surface area (Å²) in [5, 5.41) is 12.4. The normalized spacial score (nSPS) is 13.0. The summed E-state index contributed by atoms with van der Waals surface area (Å²) in [6.07, 6.45) is 1.52. The summed E-state index contributed by atoms with van der Waals surface area (Å²) in [4.78, 5) is 12.6. The van der Waals surface area contributed by atoms with Gasteiger partial charge in [-0.15, -0.1) is 0 Å². The quantitative estimate of drug-likeness (QED) is 0.387. The first-order chi connectivity index (χ1) is 16.6. The van der Waals surface area contributed by atoms with E-state index in [1.165, 1.54) is 13.2 Å². The van der Waals surface area contributed by atoms with Gasteiger partial charge >= 0.3 is 0 Å². The van der Waals surface area contributed by atoms with E-state index in [4.69, 9.17) is 18.9 Å². The van der Waals surface area contributed by atoms with Crippen molar-refractivity contribution in [2.75, 3.05) is 13.9 Å². The van der Waals surface area contributed by atoms with E-state index in [1.807, 2.05) is 61.5 Å². The van der Waals surface area contributed by atoms with Gasteiger partial charge in [-0.1, -0.05) is 42.5 Å². The smallest absolute Gasteiger partial charge is 0.262 e. The summed E-state index contributed by atoms with van der Waals surface area (Å²) >= 11 is 0. The lowest BCUT2D eigenvalue weighted by atomic mass is 10.1. The molecule has 0 radical (unpaired) electrons. The molecule has 0 aliphatic carbocycles. The Morgan fingerprint density at radius 3 is 2.65 bits per heavy atom. The van der Waals surface area contributed by atoms with Gasteiger partial charge in [0.1, 0.15) is 18.2 Å². The average Bonchev–Trinajstić information content (AvgIpc) is 3.34. The number of carbonyl (C=O) groups is 1. The van der Waals surface area contributed by atoms with Gasteiger partial charge < -0.3 is 24.3 Å². The number of methoxy groups -OCH3 is 1. The van der Waals surface area contributed by atoms with Crippen molar-refractivity contribution < 1.29 is 23.7 Å². The van der Waals surface area contributed by atoms with Crippen LogP contribution in [0, 0.1) is 11.3 Å². The molecule has 3 aromatic carbocycles. The van der Waals surface area contributed by atoms with Crippen molar-refractivity contribution in [3.63, 3.8) is 0 Å². The second-order valence-corrected chi connectivity index (χ2v) is 7.66. The van der Waals surface area contributed by atoms with E-state index in [-0.39, 0.29) is 18.4 Å². The zero-order valence-corrected chi connectivity index (χ0v) is 18.9. The van der Waals surface area contributed by atoms with Gasteiger partial charge in [0.2, 0.25) is 6.79 Å². The number of rotatable bonds is 8. The highest BCUT2D eigenvalue weighted by atomic mass is 16.7. The molecule has 1 aliphatic rings. The summed E-state index contributed by atoms with van der Waals surface area (Å²) in [6.45, 7) is 2.40. The van der Waals surface area contributed by atoms with Crippen molar-refractivity contribution in [3.05, 3.63) is 89.0 Å². The molecule has 0 saturated carbocycles. The van der Waals surface area contributed by atoms with Crippen LogP contribution in [0.1, 0.15) is 29.7 Å². The molecular weight excluding hydrogens is 432 g/mol. The summed E-state index contributed by atoms with van der Waals surface area (Å²) < 4.78 is 22.1. The predicted octanol–water partition coefficient (Wildman–Crippen LogP) is 4.79. The van der Waals surface area contributed by atoms with E-state index < -0.39 is 5.91 Å². The fourth-order valence-electron chi connectivity index (χ4n) is 3.50. The number of nitrogens with one attached hydrogen (secondary N) is 1. The van der Waals surface area contributed by atoms with Gasteiger partial charge in [-0.3, -0.25) is 4.79 Å². The number of hydrogen-bond acceptors (Lipinski definition) is 6. The van der Waals surface area contributed by atoms with E-state index >= 15 is 0 Å². The zero-order valence-electron chi connectivity index (χ0n) is 18.9. The lowest BCUT2D eigenvalue weighted by molar-refractivity contribution is -0.117. The Balaban J connectivity index is 1.45. The number of fused-ring (bicyclic) bond motifs is 1. The molecule has 0 fully saturated rings. The lowest BCUT2D eigenvalue weighted by Crippen LogP contribution is -2.27. The van der Waals surface area contributed by atoms with Crippen LogP contribution in [-0.4, -0.2) is 19.8 Å². The van der Waals surface area contributed by atoms with Crippen molar-refractivity contribution in [2.24, 2.45) is 0 Å². The molecule has 0 saturated heterocycles. The van der Waals surface area contributed by atoms with E-state index in [9.17, 15) is 10.1 Å². The fourth-order valence-corrected chi connectivity index (χ4v) is 3.50. The minimum absolute atomic E-state index is 0.00105. The Bertz CT molecular complexity index is 1250. The van der Waals surface area contributed by atoms with Crippen LogP contribution < -0.4 is 24.3 Å². The van der Waals surface area contributed by atoms with E-state index in [1.54, 1.807) is 18.2 Å². The van der Waals surface area contributed by atoms with Crippen molar-refractivity contribution in [3.8, 4) is 29.1 Å². The van der Waals surface area contributed by atoms with Gasteiger partial charge in [0.25, 0.3) is 5.91 Å². The number of nitriles is 1. The van der Waals surface area contributed by atoms with Crippen LogP contribution in [0.5, 0.6) is 23.0 Å². The number of ether oxygens (including phenoxy) is 4. The third-order valence-electron chi connectivity index (χ3n) is 5.34. The maximum atomic E-state index is 12.6. The topological polar surface area (TPSA) is 89.8 Å². The van der Waals surface area contributed by atoms with Crippen molar-refractivity contribution in [2.45, 2.75) is 19.6 Å². The molecule has 1 atom stereocenters. The molecule has 1 N–H and O–H groups in total. The average molecular weight is 456 g/mol. The van der Waals surface area contributed by atoms with Gasteiger partial charge in [-0.2, -0.15) is 5.26 Å². The van der Waals surface area contributed by atoms with Gasteiger partial charge in [0.05, 0.1) is 13.2 Å². The van der Waals surface area contributed by atoms with E-state index in [2.05, 4.69) is 5.32 Å². The molecule has 0 bridgehead atoms. The zero-order chi connectivity index (χ0) is 23.9. The highest BCUT2D eigenvalue weighted by molar-refractivity contribution is 6.01. The number of amides is 1. The molecule has 34 heavy (non-hydrogen) atoms. The van der Waals surface area contributed by atoms with Crippen LogP contribution in [0.15, 0.2) is 72.3 Å². The first-order valence-electron chi connectivity index (χ1n) is 10.7. The standard InChI is InChI=1S/C27H24N2O5/c1-18(21-6-4-3-5-7-21)29-27(30)22(15-28)12-19-8-10-23(25(13-19)31-2)32-16-20-9-11-24-26(14-20)34-17-33-24/h3-14,18H,16-17H2,1-2H3,(H,29,30)/b22-12+/t18-/m1/s1. The first-order valence-corrected chi connectivity index (χ1v) is 10.7. The molecule has 1 amide bonds. The number of hydrogen-bond donors (Lipinski definition) is 1. The second-order valence-electron chi connectivity index (χ2n) is 7.66. The predicted molar refractivity (Wildman–Crippen MR) is 126 cm³/mol. The molecule has 3 aromatic rings. The summed E-state index contributed by atoms with van der Waals surface area (Å²) in [5.41, 5.74) is 2.52. The molecule has 0 unspecified atom stereocenters. The first kappa shape index (κ1) is 22.7. The largest absolute Gasteiger partial charge is 0.493 e. The molecule has 0 aromatic heterocycles. The Labute approximate surface area is 198 Å². The highest BCUT2D eigenvalue weighted by Gasteiger charge is 2.16. The van der Waals surface area contributed by atoms with Crippen LogP contribution in [-0.2, 0) is 11.4 Å². The van der Waals surface area contributed by atoms with Crippen LogP contribution in [0.4, 0.5) is 0 Å². The van der Waals surface area contributed by atoms with Crippen molar-refractivity contribution in [1.82, 2.24) is 5.32 Å². The van der Waals surface area contributed by atoms with E-state index in [0.29, 0.717) is 35.2 Å². The number of carbonyl (C=O) groups excluding carboxylic acids is 1. The Morgan fingerprint density at radius 1 is 1.09 bits per heavy atom. The second kappa shape index (κ2) is 10.5. The van der Waals surface area contributed by atoms with Crippen molar-refractivity contribution >= 4 is 12.0 Å². The van der Waals surface area contributed by atoms with Crippen molar-refractivity contribution in [1.29, 1.82) is 5.26 Å². The minimum atomic E-state index is -0.444. The van der Waals surface area contributed by atoms with Crippen LogP contribution >= 0.6 is 0 Å². The van der Waals surface area contributed by atoms with Gasteiger partial charge in [0.15, 0.2) is 23.0 Å². The van der Waals surface area contributed by atoms with Crippen LogP contribution in [0.25, 0.3) is 6.08 Å². The monoisotopic (exact) mass is 456 g/mol. The lowest BCUT2D eigenvalue weighted by Gasteiger charge is -2.14. The molecule has 7 heteroatoms. The maximum absolute atomic E-state index is 12.6. The third-order valence-corrected chi connectivity index (χ3v) is 5.34. The van der Waals surface area contributed by atoms with E-state index in [0.717, 1.165) is 11.1 Å². The van der Waals surface area contributed by atoms with Gasteiger partial charge in [-0.05, 0) is 54.0 Å². The Kier molecular flexibility index (Phi) is 6.99. The summed E-state index contributed by atoms with van der Waals surface area (Å²) in [6, 6.07) is 22.2. The molecule has 4 rings (SSSR count). The van der Waals surface area contributed by atoms with Crippen LogP contribution in [0.2, 0.25) is 0 Å². The number of nitrogens with zero attached hydrogens (tertiary/aromatic N) is 1. The van der Waals surface area contributed by atoms with Crippen LogP contribution in [0.3, 0.4) is 0 Å². The van der Waals surface area contributed by atoms with Gasteiger partial charge in [-0.25, -0.2) is 0 Å². The fraction of sp³-hybridized carbons (Fsp3) is 0.185. The SMILES string of the molecule is COc1cc(/C=C(\C#N)C(=O)N[C@H](C)c2ccccc2)ccc1OCc1ccc2c(c1)OCO2. The Hall–Kier alpha value is -4.44.